The van der Waals surface area contributed by atoms with Gasteiger partial charge in [-0.05, 0) is 35.0 Å². The molecule has 0 aliphatic rings. The molecule has 1 aromatic rings. The Morgan fingerprint density at radius 3 is 2.69 bits per heavy atom. The Bertz CT molecular complexity index is 409. The van der Waals surface area contributed by atoms with Gasteiger partial charge in [0.25, 0.3) is 0 Å². The van der Waals surface area contributed by atoms with Gasteiger partial charge in [-0.25, -0.2) is 0 Å². The van der Waals surface area contributed by atoms with Gasteiger partial charge in [0, 0.05) is 4.47 Å². The molecule has 0 radical (unpaired) electrons. The molecule has 0 atom stereocenters. The molecule has 0 saturated carbocycles. The van der Waals surface area contributed by atoms with Crippen LogP contribution in [-0.4, -0.2) is 5.78 Å². The van der Waals surface area contributed by atoms with Crippen molar-refractivity contribution in [3.8, 4) is 6.07 Å². The van der Waals surface area contributed by atoms with E-state index in [2.05, 4.69) is 15.9 Å². The van der Waals surface area contributed by atoms with Crippen LogP contribution < -0.4 is 0 Å². The maximum absolute atomic E-state index is 11.1. The summed E-state index contributed by atoms with van der Waals surface area (Å²) in [7, 11) is 0. The van der Waals surface area contributed by atoms with Gasteiger partial charge in [0.15, 0.2) is 5.78 Å². The number of hydrogen-bond acceptors (Lipinski definition) is 2. The first-order valence-electron chi connectivity index (χ1n) is 3.47. The number of nitrogens with zero attached hydrogens (tertiary/aromatic N) is 1. The Morgan fingerprint density at radius 2 is 2.23 bits per heavy atom. The summed E-state index contributed by atoms with van der Waals surface area (Å²) >= 11 is 9.03. The molecule has 0 fully saturated rings. The minimum Gasteiger partial charge on any atom is -0.294 e. The second kappa shape index (κ2) is 3.91. The quantitative estimate of drug-likeness (QED) is 0.726. The van der Waals surface area contributed by atoms with Crippen LogP contribution in [0.2, 0.25) is 5.02 Å². The molecule has 13 heavy (non-hydrogen) atoms. The summed E-state index contributed by atoms with van der Waals surface area (Å²) in [6.07, 6.45) is 0. The van der Waals surface area contributed by atoms with Crippen LogP contribution in [0.4, 0.5) is 0 Å². The predicted octanol–water partition coefficient (Wildman–Crippen LogP) is 3.18. The van der Waals surface area contributed by atoms with Crippen LogP contribution in [0, 0.1) is 11.3 Å². The molecule has 0 spiro atoms. The largest absolute Gasteiger partial charge is 0.294 e. The van der Waals surface area contributed by atoms with Gasteiger partial charge < -0.3 is 0 Å². The Hall–Kier alpha value is -0.850. The van der Waals surface area contributed by atoms with Gasteiger partial charge in [-0.15, -0.1) is 0 Å². The maximum atomic E-state index is 11.1. The van der Waals surface area contributed by atoms with Crippen LogP contribution in [0.3, 0.4) is 0 Å². The van der Waals surface area contributed by atoms with E-state index in [0.29, 0.717) is 15.6 Å². The average Bonchev–Trinajstić information content (AvgIpc) is 2.04. The Labute approximate surface area is 89.3 Å². The zero-order chi connectivity index (χ0) is 10.0. The summed E-state index contributed by atoms with van der Waals surface area (Å²) in [4.78, 5) is 11.1. The highest BCUT2D eigenvalue weighted by molar-refractivity contribution is 9.10. The number of halogens is 2. The molecule has 0 aromatic heterocycles. The summed E-state index contributed by atoms with van der Waals surface area (Å²) < 4.78 is 0.615. The minimum atomic E-state index is -0.158. The van der Waals surface area contributed by atoms with E-state index in [0.717, 1.165) is 0 Å². The lowest BCUT2D eigenvalue weighted by molar-refractivity contribution is 0.101. The van der Waals surface area contributed by atoms with Crippen molar-refractivity contribution in [2.45, 2.75) is 6.92 Å². The first kappa shape index (κ1) is 10.2. The second-order valence-electron chi connectivity index (χ2n) is 2.45. The Kier molecular flexibility index (Phi) is 3.07. The molecule has 1 rings (SSSR count). The van der Waals surface area contributed by atoms with E-state index < -0.39 is 0 Å². The van der Waals surface area contributed by atoms with Crippen LogP contribution in [0.1, 0.15) is 22.8 Å². The molecular formula is C9H5BrClNO. The SMILES string of the molecule is CC(=O)c1c(Br)ccc(C#N)c1Cl. The zero-order valence-corrected chi connectivity index (χ0v) is 9.11. The van der Waals surface area contributed by atoms with E-state index in [1.165, 1.54) is 6.92 Å². The average molecular weight is 259 g/mol. The standard InChI is InChI=1S/C9H5BrClNO/c1-5(13)8-7(10)3-2-6(4-12)9(8)11/h2-3H,1H3. The lowest BCUT2D eigenvalue weighted by Gasteiger charge is -2.03. The van der Waals surface area contributed by atoms with Gasteiger partial charge in [0.1, 0.15) is 6.07 Å². The van der Waals surface area contributed by atoms with E-state index in [1.807, 2.05) is 6.07 Å². The first-order valence-corrected chi connectivity index (χ1v) is 4.64. The lowest BCUT2D eigenvalue weighted by atomic mass is 10.1. The van der Waals surface area contributed by atoms with E-state index in [-0.39, 0.29) is 10.8 Å². The number of benzene rings is 1. The Balaban J connectivity index is 3.50. The van der Waals surface area contributed by atoms with Gasteiger partial charge in [-0.3, -0.25) is 4.79 Å². The highest BCUT2D eigenvalue weighted by atomic mass is 79.9. The van der Waals surface area contributed by atoms with Crippen molar-refractivity contribution in [3.63, 3.8) is 0 Å². The molecule has 0 aliphatic heterocycles. The smallest absolute Gasteiger partial charge is 0.162 e. The van der Waals surface area contributed by atoms with Crippen molar-refractivity contribution in [1.29, 1.82) is 5.26 Å². The monoisotopic (exact) mass is 257 g/mol. The fourth-order valence-corrected chi connectivity index (χ4v) is 2.03. The lowest BCUT2D eigenvalue weighted by Crippen LogP contribution is -1.96. The number of rotatable bonds is 1. The highest BCUT2D eigenvalue weighted by Crippen LogP contribution is 2.28. The molecule has 0 saturated heterocycles. The zero-order valence-electron chi connectivity index (χ0n) is 6.77. The van der Waals surface area contributed by atoms with Crippen LogP contribution in [0.25, 0.3) is 0 Å². The summed E-state index contributed by atoms with van der Waals surface area (Å²) in [5.74, 6) is -0.158. The second-order valence-corrected chi connectivity index (χ2v) is 3.68. The summed E-state index contributed by atoms with van der Waals surface area (Å²) in [6, 6.07) is 5.12. The van der Waals surface area contributed by atoms with E-state index in [4.69, 9.17) is 16.9 Å². The molecule has 0 unspecified atom stereocenters. The molecule has 0 amide bonds. The summed E-state index contributed by atoms with van der Waals surface area (Å²) in [5, 5.41) is 8.87. The third-order valence-electron chi connectivity index (χ3n) is 1.56. The van der Waals surface area contributed by atoms with Gasteiger partial charge in [-0.2, -0.15) is 5.26 Å². The summed E-state index contributed by atoms with van der Waals surface area (Å²) in [5.41, 5.74) is 0.677. The minimum absolute atomic E-state index is 0.158. The molecule has 0 N–H and O–H groups in total. The van der Waals surface area contributed by atoms with Crippen molar-refractivity contribution in [3.05, 3.63) is 32.8 Å². The molecule has 1 aromatic carbocycles. The van der Waals surface area contributed by atoms with Crippen LogP contribution in [0.15, 0.2) is 16.6 Å². The van der Waals surface area contributed by atoms with Crippen LogP contribution >= 0.6 is 27.5 Å². The Morgan fingerprint density at radius 1 is 1.62 bits per heavy atom. The third-order valence-corrected chi connectivity index (χ3v) is 2.62. The number of ketones is 1. The number of carbonyl (C=O) groups excluding carboxylic acids is 1. The normalized spacial score (nSPS) is 9.38. The number of hydrogen-bond donors (Lipinski definition) is 0. The van der Waals surface area contributed by atoms with Gasteiger partial charge in [0.05, 0.1) is 16.1 Å². The molecular weight excluding hydrogens is 253 g/mol. The van der Waals surface area contributed by atoms with Crippen molar-refractivity contribution >= 4 is 33.3 Å². The molecule has 2 nitrogen and oxygen atoms in total. The van der Waals surface area contributed by atoms with Crippen molar-refractivity contribution < 1.29 is 4.79 Å². The van der Waals surface area contributed by atoms with Crippen LogP contribution in [-0.2, 0) is 0 Å². The topological polar surface area (TPSA) is 40.9 Å². The van der Waals surface area contributed by atoms with Gasteiger partial charge >= 0.3 is 0 Å². The van der Waals surface area contributed by atoms with Gasteiger partial charge in [0.2, 0.25) is 0 Å². The molecule has 0 heterocycles. The molecule has 66 valence electrons. The maximum Gasteiger partial charge on any atom is 0.162 e. The van der Waals surface area contributed by atoms with E-state index in [1.54, 1.807) is 12.1 Å². The molecule has 4 heteroatoms. The van der Waals surface area contributed by atoms with Crippen molar-refractivity contribution in [2.75, 3.05) is 0 Å². The third kappa shape index (κ3) is 1.90. The summed E-state index contributed by atoms with van der Waals surface area (Å²) in [6.45, 7) is 1.41. The number of Topliss-reactive ketones (excluding diaryl/α,β-unsaturated/α-hetero) is 1. The molecule has 0 aliphatic carbocycles. The number of carbonyl (C=O) groups is 1. The highest BCUT2D eigenvalue weighted by Gasteiger charge is 2.13. The van der Waals surface area contributed by atoms with Gasteiger partial charge in [-0.1, -0.05) is 11.6 Å². The van der Waals surface area contributed by atoms with Crippen LogP contribution in [0.5, 0.6) is 0 Å². The van der Waals surface area contributed by atoms with Crippen molar-refractivity contribution in [1.82, 2.24) is 0 Å². The predicted molar refractivity (Wildman–Crippen MR) is 53.9 cm³/mol. The van der Waals surface area contributed by atoms with E-state index >= 15 is 0 Å². The molecule has 0 bridgehead atoms. The number of nitriles is 1. The fourth-order valence-electron chi connectivity index (χ4n) is 0.962. The first-order chi connectivity index (χ1) is 6.07. The van der Waals surface area contributed by atoms with Crippen molar-refractivity contribution in [2.24, 2.45) is 0 Å². The van der Waals surface area contributed by atoms with E-state index in [9.17, 15) is 4.79 Å². The fraction of sp³-hybridized carbons (Fsp3) is 0.111.